The Labute approximate surface area is 102 Å². The van der Waals surface area contributed by atoms with Crippen LogP contribution in [-0.2, 0) is 14.6 Å². The lowest BCUT2D eigenvalue weighted by atomic mass is 10.1. The largest absolute Gasteiger partial charge is 0.481 e. The molecule has 17 heavy (non-hydrogen) atoms. The minimum Gasteiger partial charge on any atom is -0.481 e. The highest BCUT2D eigenvalue weighted by molar-refractivity contribution is 7.91. The lowest BCUT2D eigenvalue weighted by molar-refractivity contribution is -0.137. The number of hydrogen-bond acceptors (Lipinski definition) is 4. The molecule has 0 unspecified atom stereocenters. The second kappa shape index (κ2) is 4.94. The fourth-order valence-electron chi connectivity index (χ4n) is 2.50. The van der Waals surface area contributed by atoms with Gasteiger partial charge in [0.1, 0.15) is 9.84 Å². The summed E-state index contributed by atoms with van der Waals surface area (Å²) in [5.74, 6) is -0.263. The standard InChI is InChI=1S/C11H19NO4S/c13-11(14)3-6-12(9-1-2-9)10-4-7-17(15,16)8-5-10/h9-10H,1-8H2,(H,13,14). The SMILES string of the molecule is O=C(O)CCN(C1CC1)C1CCS(=O)(=O)CC1. The first-order valence-electron chi connectivity index (χ1n) is 6.16. The first kappa shape index (κ1) is 12.8. The van der Waals surface area contributed by atoms with Crippen molar-refractivity contribution >= 4 is 15.8 Å². The first-order chi connectivity index (χ1) is 7.98. The van der Waals surface area contributed by atoms with Crippen molar-refractivity contribution < 1.29 is 18.3 Å². The van der Waals surface area contributed by atoms with Crippen molar-refractivity contribution in [3.63, 3.8) is 0 Å². The van der Waals surface area contributed by atoms with Gasteiger partial charge in [0, 0.05) is 18.6 Å². The van der Waals surface area contributed by atoms with Gasteiger partial charge in [-0.05, 0) is 25.7 Å². The molecule has 2 fully saturated rings. The smallest absolute Gasteiger partial charge is 0.304 e. The highest BCUT2D eigenvalue weighted by Gasteiger charge is 2.36. The second-order valence-corrected chi connectivity index (χ2v) is 7.30. The van der Waals surface area contributed by atoms with Crippen LogP contribution in [0.2, 0.25) is 0 Å². The number of sulfone groups is 1. The monoisotopic (exact) mass is 261 g/mol. The van der Waals surface area contributed by atoms with Crippen LogP contribution < -0.4 is 0 Å². The molecule has 1 aliphatic heterocycles. The van der Waals surface area contributed by atoms with Gasteiger partial charge in [0.2, 0.25) is 0 Å². The van der Waals surface area contributed by atoms with E-state index in [0.717, 1.165) is 12.8 Å². The Hall–Kier alpha value is -0.620. The second-order valence-electron chi connectivity index (χ2n) is 5.00. The van der Waals surface area contributed by atoms with Crippen molar-refractivity contribution in [2.24, 2.45) is 0 Å². The Morgan fingerprint density at radius 1 is 1.12 bits per heavy atom. The maximum Gasteiger partial charge on any atom is 0.304 e. The van der Waals surface area contributed by atoms with Crippen LogP contribution in [0.25, 0.3) is 0 Å². The summed E-state index contributed by atoms with van der Waals surface area (Å²) in [7, 11) is -2.83. The molecule has 0 aromatic carbocycles. The van der Waals surface area contributed by atoms with E-state index in [1.54, 1.807) is 0 Å². The van der Waals surface area contributed by atoms with Gasteiger partial charge in [-0.3, -0.25) is 9.69 Å². The topological polar surface area (TPSA) is 74.7 Å². The summed E-state index contributed by atoms with van der Waals surface area (Å²) in [6, 6.07) is 0.769. The van der Waals surface area contributed by atoms with Crippen LogP contribution in [-0.4, -0.2) is 54.5 Å². The molecule has 98 valence electrons. The van der Waals surface area contributed by atoms with E-state index in [0.29, 0.717) is 25.4 Å². The van der Waals surface area contributed by atoms with Gasteiger partial charge in [0.15, 0.2) is 0 Å². The van der Waals surface area contributed by atoms with Crippen molar-refractivity contribution in [3.8, 4) is 0 Å². The fraction of sp³-hybridized carbons (Fsp3) is 0.909. The minimum absolute atomic E-state index is 0.153. The maximum absolute atomic E-state index is 11.4. The van der Waals surface area contributed by atoms with Gasteiger partial charge >= 0.3 is 5.97 Å². The third-order valence-electron chi connectivity index (χ3n) is 3.59. The number of carboxylic acid groups (broad SMARTS) is 1. The number of nitrogens with zero attached hydrogens (tertiary/aromatic N) is 1. The normalized spacial score (nSPS) is 25.0. The van der Waals surface area contributed by atoms with Crippen LogP contribution in [0.1, 0.15) is 32.1 Å². The molecule has 0 spiro atoms. The fourth-order valence-corrected chi connectivity index (χ4v) is 3.97. The summed E-state index contributed by atoms with van der Waals surface area (Å²) in [5.41, 5.74) is 0. The lowest BCUT2D eigenvalue weighted by Gasteiger charge is -2.34. The Balaban J connectivity index is 1.90. The van der Waals surface area contributed by atoms with Crippen molar-refractivity contribution in [3.05, 3.63) is 0 Å². The summed E-state index contributed by atoms with van der Waals surface area (Å²) >= 11 is 0. The van der Waals surface area contributed by atoms with E-state index in [2.05, 4.69) is 4.90 Å². The molecule has 1 saturated carbocycles. The number of carbonyl (C=O) groups is 1. The van der Waals surface area contributed by atoms with Gasteiger partial charge in [-0.2, -0.15) is 0 Å². The van der Waals surface area contributed by atoms with Gasteiger partial charge in [-0.1, -0.05) is 0 Å². The molecule has 1 N–H and O–H groups in total. The predicted molar refractivity (Wildman–Crippen MR) is 63.7 cm³/mol. The van der Waals surface area contributed by atoms with E-state index in [-0.39, 0.29) is 24.0 Å². The Bertz CT molecular complexity index is 374. The van der Waals surface area contributed by atoms with Crippen LogP contribution in [0.5, 0.6) is 0 Å². The summed E-state index contributed by atoms with van der Waals surface area (Å²) in [4.78, 5) is 12.8. The zero-order valence-electron chi connectivity index (χ0n) is 9.84. The summed E-state index contributed by atoms with van der Waals surface area (Å²) in [6.45, 7) is 0.560. The molecule has 0 radical (unpaired) electrons. The van der Waals surface area contributed by atoms with E-state index in [9.17, 15) is 13.2 Å². The van der Waals surface area contributed by atoms with Crippen molar-refractivity contribution in [2.45, 2.75) is 44.2 Å². The minimum atomic E-state index is -2.83. The Morgan fingerprint density at radius 2 is 1.65 bits per heavy atom. The van der Waals surface area contributed by atoms with Crippen LogP contribution in [0.4, 0.5) is 0 Å². The predicted octanol–water partition coefficient (Wildman–Crippen LogP) is 0.503. The molecule has 5 nitrogen and oxygen atoms in total. The Kier molecular flexibility index (Phi) is 3.73. The molecule has 0 bridgehead atoms. The molecule has 1 saturated heterocycles. The van der Waals surface area contributed by atoms with Gasteiger partial charge in [-0.15, -0.1) is 0 Å². The maximum atomic E-state index is 11.4. The highest BCUT2D eigenvalue weighted by atomic mass is 32.2. The van der Waals surface area contributed by atoms with Gasteiger partial charge in [0.05, 0.1) is 17.9 Å². The molecule has 1 heterocycles. The first-order valence-corrected chi connectivity index (χ1v) is 7.98. The third-order valence-corrected chi connectivity index (χ3v) is 5.31. The molecular formula is C11H19NO4S. The number of carboxylic acids is 1. The lowest BCUT2D eigenvalue weighted by Crippen LogP contribution is -2.43. The molecule has 2 rings (SSSR count). The van der Waals surface area contributed by atoms with Gasteiger partial charge in [0.25, 0.3) is 0 Å². The summed E-state index contributed by atoms with van der Waals surface area (Å²) in [6.07, 6.45) is 3.74. The summed E-state index contributed by atoms with van der Waals surface area (Å²) < 4.78 is 22.7. The van der Waals surface area contributed by atoms with E-state index in [4.69, 9.17) is 5.11 Å². The van der Waals surface area contributed by atoms with Gasteiger partial charge in [-0.25, -0.2) is 8.42 Å². The molecule has 1 aliphatic carbocycles. The van der Waals surface area contributed by atoms with Gasteiger partial charge < -0.3 is 5.11 Å². The third kappa shape index (κ3) is 3.67. The van der Waals surface area contributed by atoms with E-state index in [1.165, 1.54) is 0 Å². The quantitative estimate of drug-likeness (QED) is 0.780. The van der Waals surface area contributed by atoms with Crippen molar-refractivity contribution in [1.29, 1.82) is 0 Å². The molecule has 0 aromatic heterocycles. The van der Waals surface area contributed by atoms with Crippen molar-refractivity contribution in [1.82, 2.24) is 4.90 Å². The molecule has 0 aromatic rings. The average Bonchev–Trinajstić information content (AvgIpc) is 3.04. The zero-order valence-corrected chi connectivity index (χ0v) is 10.7. The highest BCUT2D eigenvalue weighted by Crippen LogP contribution is 2.32. The molecule has 0 atom stereocenters. The average molecular weight is 261 g/mol. The molecule has 6 heteroatoms. The number of aliphatic carboxylic acids is 1. The zero-order chi connectivity index (χ0) is 12.5. The molecular weight excluding hydrogens is 242 g/mol. The molecule has 0 amide bonds. The van der Waals surface area contributed by atoms with E-state index >= 15 is 0 Å². The molecule has 2 aliphatic rings. The van der Waals surface area contributed by atoms with Crippen molar-refractivity contribution in [2.75, 3.05) is 18.1 Å². The van der Waals surface area contributed by atoms with E-state index < -0.39 is 15.8 Å². The van der Waals surface area contributed by atoms with Crippen LogP contribution in [0, 0.1) is 0 Å². The van der Waals surface area contributed by atoms with Crippen LogP contribution in [0.3, 0.4) is 0 Å². The Morgan fingerprint density at radius 3 is 2.12 bits per heavy atom. The number of rotatable bonds is 5. The van der Waals surface area contributed by atoms with Crippen LogP contribution in [0.15, 0.2) is 0 Å². The number of hydrogen-bond donors (Lipinski definition) is 1. The van der Waals surface area contributed by atoms with E-state index in [1.807, 2.05) is 0 Å². The van der Waals surface area contributed by atoms with Crippen LogP contribution >= 0.6 is 0 Å². The summed E-state index contributed by atoms with van der Waals surface area (Å²) in [5, 5.41) is 8.72.